The van der Waals surface area contributed by atoms with Gasteiger partial charge in [0.15, 0.2) is 0 Å². The average molecular weight is 614 g/mol. The molecule has 0 atom stereocenters. The first-order valence-corrected chi connectivity index (χ1v) is 16.6. The van der Waals surface area contributed by atoms with Crippen LogP contribution in [0.4, 0.5) is 0 Å². The van der Waals surface area contributed by atoms with Crippen molar-refractivity contribution in [3.63, 3.8) is 0 Å². The summed E-state index contributed by atoms with van der Waals surface area (Å²) in [6.07, 6.45) is 9.30. The molecule has 2 aliphatic heterocycles. The average Bonchev–Trinajstić information content (AvgIpc) is 3.27. The highest BCUT2D eigenvalue weighted by molar-refractivity contribution is 7.89. The molecular formula is C34H35N3O6S. The fourth-order valence-corrected chi connectivity index (χ4v) is 8.67. The molecular weight excluding hydrogens is 578 g/mol. The number of nitrogens with zero attached hydrogens (tertiary/aromatic N) is 3. The highest BCUT2D eigenvalue weighted by Gasteiger charge is 2.33. The van der Waals surface area contributed by atoms with Crippen LogP contribution in [0.1, 0.15) is 65.2 Å². The van der Waals surface area contributed by atoms with Gasteiger partial charge in [0.05, 0.1) is 43.8 Å². The number of carboxylic acid groups (broad SMARTS) is 1. The number of hydrogen-bond donors (Lipinski definition) is 1. The number of methoxy groups -OCH3 is 1. The minimum Gasteiger partial charge on any atom is -0.497 e. The number of aromatic nitrogens is 2. The summed E-state index contributed by atoms with van der Waals surface area (Å²) in [6.45, 7) is 1.58. The first-order valence-electron chi connectivity index (χ1n) is 15.2. The number of allylic oxidation sites excluding steroid dienone is 1. The van der Waals surface area contributed by atoms with E-state index in [1.54, 1.807) is 37.6 Å². The van der Waals surface area contributed by atoms with Gasteiger partial charge in [0.2, 0.25) is 10.0 Å². The van der Waals surface area contributed by atoms with E-state index in [2.05, 4.69) is 15.6 Å². The van der Waals surface area contributed by atoms with Crippen LogP contribution in [-0.4, -0.2) is 66.8 Å². The van der Waals surface area contributed by atoms with Crippen LogP contribution < -0.4 is 4.74 Å². The lowest BCUT2D eigenvalue weighted by molar-refractivity contribution is 0.0697. The highest BCUT2D eigenvalue weighted by atomic mass is 32.2. The molecule has 1 aliphatic carbocycles. The molecule has 2 aromatic heterocycles. The maximum absolute atomic E-state index is 14.0. The maximum Gasteiger partial charge on any atom is 0.335 e. The van der Waals surface area contributed by atoms with Crippen molar-refractivity contribution in [1.29, 1.82) is 0 Å². The van der Waals surface area contributed by atoms with E-state index in [4.69, 9.17) is 9.47 Å². The molecule has 10 heteroatoms. The Morgan fingerprint density at radius 2 is 1.84 bits per heavy atom. The van der Waals surface area contributed by atoms with Gasteiger partial charge in [-0.15, -0.1) is 0 Å². The molecule has 44 heavy (non-hydrogen) atoms. The quantitative estimate of drug-likeness (QED) is 0.283. The minimum atomic E-state index is -3.86. The fourth-order valence-electron chi connectivity index (χ4n) is 7.08. The van der Waals surface area contributed by atoms with Gasteiger partial charge in [-0.2, -0.15) is 4.31 Å². The molecule has 2 fully saturated rings. The predicted molar refractivity (Wildman–Crippen MR) is 168 cm³/mol. The van der Waals surface area contributed by atoms with Crippen LogP contribution in [-0.2, 0) is 21.3 Å². The van der Waals surface area contributed by atoms with Gasteiger partial charge in [-0.3, -0.25) is 4.98 Å². The Hall–Kier alpha value is -3.99. The molecule has 1 saturated carbocycles. The van der Waals surface area contributed by atoms with Crippen molar-refractivity contribution < 1.29 is 27.8 Å². The van der Waals surface area contributed by atoms with E-state index < -0.39 is 16.0 Å². The van der Waals surface area contributed by atoms with Crippen LogP contribution in [0, 0.1) is 0 Å². The van der Waals surface area contributed by atoms with E-state index in [1.807, 2.05) is 24.3 Å². The number of ether oxygens (including phenoxy) is 2. The number of aromatic carboxylic acids is 1. The SMILES string of the molecule is COc1ccc2c(c1)C=C(c1ncccc1S(=O)(=O)N1CCOCC1)Cn1c-2c(C2CCCCC2)c2ccc(C(=O)O)cc21. The zero-order chi connectivity index (χ0) is 30.4. The number of morpholine rings is 1. The second kappa shape index (κ2) is 11.5. The molecule has 0 unspecified atom stereocenters. The highest BCUT2D eigenvalue weighted by Crippen LogP contribution is 2.48. The zero-order valence-corrected chi connectivity index (χ0v) is 25.5. The van der Waals surface area contributed by atoms with Crippen LogP contribution >= 0.6 is 0 Å². The molecule has 4 aromatic rings. The van der Waals surface area contributed by atoms with Crippen molar-refractivity contribution in [3.05, 3.63) is 77.1 Å². The minimum absolute atomic E-state index is 0.149. The molecule has 3 aliphatic rings. The van der Waals surface area contributed by atoms with E-state index >= 15 is 0 Å². The Morgan fingerprint density at radius 3 is 2.59 bits per heavy atom. The molecule has 4 heterocycles. The molecule has 228 valence electrons. The van der Waals surface area contributed by atoms with Crippen molar-refractivity contribution >= 4 is 38.5 Å². The summed E-state index contributed by atoms with van der Waals surface area (Å²) >= 11 is 0. The largest absolute Gasteiger partial charge is 0.497 e. The lowest BCUT2D eigenvalue weighted by atomic mass is 9.81. The van der Waals surface area contributed by atoms with Crippen LogP contribution in [0.2, 0.25) is 0 Å². The molecule has 0 spiro atoms. The van der Waals surface area contributed by atoms with Crippen LogP contribution in [0.5, 0.6) is 5.75 Å². The number of hydrogen-bond acceptors (Lipinski definition) is 6. The third-order valence-electron chi connectivity index (χ3n) is 9.20. The van der Waals surface area contributed by atoms with Crippen LogP contribution in [0.25, 0.3) is 33.8 Å². The van der Waals surface area contributed by atoms with E-state index in [0.29, 0.717) is 37.1 Å². The Bertz CT molecular complexity index is 1900. The molecule has 9 nitrogen and oxygen atoms in total. The standard InChI is InChI=1S/C34H35N3O6S/c1-42-26-10-12-27-24(19-26)18-25(32-30(8-5-13-35-32)44(40,41)36-14-16-43-17-15-36)21-37-29-20-23(34(38)39)9-11-28(29)31(33(27)37)22-6-3-2-4-7-22/h5,8-13,18-20,22H,2-4,6-7,14-17,21H2,1H3,(H,38,39). The second-order valence-electron chi connectivity index (χ2n) is 11.7. The summed E-state index contributed by atoms with van der Waals surface area (Å²) < 4.78 is 42.6. The first kappa shape index (κ1) is 28.8. The zero-order valence-electron chi connectivity index (χ0n) is 24.7. The molecule has 0 bridgehead atoms. The lowest BCUT2D eigenvalue weighted by Gasteiger charge is -2.27. The Balaban J connectivity index is 1.49. The maximum atomic E-state index is 14.0. The van der Waals surface area contributed by atoms with E-state index in [0.717, 1.165) is 59.0 Å². The lowest BCUT2D eigenvalue weighted by Crippen LogP contribution is -2.41. The third kappa shape index (κ3) is 4.91. The van der Waals surface area contributed by atoms with Crippen molar-refractivity contribution in [2.24, 2.45) is 0 Å². The van der Waals surface area contributed by atoms with Gasteiger partial charge in [0.1, 0.15) is 10.6 Å². The molecule has 7 rings (SSSR count). The third-order valence-corrected chi connectivity index (χ3v) is 11.1. The molecule has 1 N–H and O–H groups in total. The Morgan fingerprint density at radius 1 is 1.05 bits per heavy atom. The summed E-state index contributed by atoms with van der Waals surface area (Å²) in [4.78, 5) is 16.9. The van der Waals surface area contributed by atoms with Crippen molar-refractivity contribution in [2.75, 3.05) is 33.4 Å². The van der Waals surface area contributed by atoms with E-state index in [1.165, 1.54) is 16.3 Å². The number of benzene rings is 2. The van der Waals surface area contributed by atoms with Gasteiger partial charge in [-0.25, -0.2) is 13.2 Å². The number of rotatable bonds is 6. The molecule has 0 amide bonds. The van der Waals surface area contributed by atoms with Gasteiger partial charge in [-0.1, -0.05) is 25.3 Å². The van der Waals surface area contributed by atoms with Gasteiger partial charge in [0, 0.05) is 35.8 Å². The summed E-state index contributed by atoms with van der Waals surface area (Å²) in [5.74, 6) is 0.0417. The fraction of sp³-hybridized carbons (Fsp3) is 0.353. The van der Waals surface area contributed by atoms with E-state index in [-0.39, 0.29) is 23.5 Å². The van der Waals surface area contributed by atoms with Gasteiger partial charge >= 0.3 is 5.97 Å². The summed E-state index contributed by atoms with van der Waals surface area (Å²) in [5, 5.41) is 11.0. The summed E-state index contributed by atoms with van der Waals surface area (Å²) in [5.41, 5.74) is 6.33. The van der Waals surface area contributed by atoms with Gasteiger partial charge < -0.3 is 19.1 Å². The number of sulfonamides is 1. The van der Waals surface area contributed by atoms with Gasteiger partial charge in [-0.05, 0) is 84.0 Å². The topological polar surface area (TPSA) is 111 Å². The van der Waals surface area contributed by atoms with Crippen LogP contribution in [0.3, 0.4) is 0 Å². The summed E-state index contributed by atoms with van der Waals surface area (Å²) in [6, 6.07) is 14.7. The monoisotopic (exact) mass is 613 g/mol. The Kier molecular flexibility index (Phi) is 7.52. The predicted octanol–water partition coefficient (Wildman–Crippen LogP) is 6.03. The number of fused-ring (bicyclic) bond motifs is 5. The van der Waals surface area contributed by atoms with Crippen LogP contribution in [0.15, 0.2) is 59.6 Å². The normalized spacial score (nSPS) is 17.9. The smallest absolute Gasteiger partial charge is 0.335 e. The number of carbonyl (C=O) groups is 1. The number of carboxylic acids is 1. The van der Waals surface area contributed by atoms with E-state index in [9.17, 15) is 18.3 Å². The van der Waals surface area contributed by atoms with Gasteiger partial charge in [0.25, 0.3) is 0 Å². The van der Waals surface area contributed by atoms with Crippen molar-refractivity contribution in [2.45, 2.75) is 49.5 Å². The van der Waals surface area contributed by atoms with Crippen molar-refractivity contribution in [3.8, 4) is 17.0 Å². The molecule has 2 aromatic carbocycles. The first-order chi connectivity index (χ1) is 21.4. The summed E-state index contributed by atoms with van der Waals surface area (Å²) in [7, 11) is -2.22. The van der Waals surface area contributed by atoms with Crippen molar-refractivity contribution in [1.82, 2.24) is 13.9 Å². The second-order valence-corrected chi connectivity index (χ2v) is 13.6. The molecule has 0 radical (unpaired) electrons. The molecule has 1 saturated heterocycles. The number of pyridine rings is 1. The Labute approximate surface area is 256 Å².